The SMILES string of the molecule is CCOC[C@H]1CCN(C)C2(C1)CN(C(=O)c1cccc(C)n1)C2. The molecule has 126 valence electrons. The number of carbonyl (C=O) groups is 1. The maximum absolute atomic E-state index is 12.6. The van der Waals surface area contributed by atoms with E-state index in [0.717, 1.165) is 45.0 Å². The molecule has 2 saturated heterocycles. The highest BCUT2D eigenvalue weighted by Crippen LogP contribution is 2.38. The van der Waals surface area contributed by atoms with Crippen LogP contribution in [0.4, 0.5) is 0 Å². The molecule has 5 heteroatoms. The van der Waals surface area contributed by atoms with E-state index in [-0.39, 0.29) is 11.4 Å². The number of carbonyl (C=O) groups excluding carboxylic acids is 1. The number of likely N-dealkylation sites (tertiary alicyclic amines) is 2. The number of aryl methyl sites for hydroxylation is 1. The highest BCUT2D eigenvalue weighted by Gasteiger charge is 2.51. The number of ether oxygens (including phenoxy) is 1. The van der Waals surface area contributed by atoms with Crippen LogP contribution < -0.4 is 0 Å². The van der Waals surface area contributed by atoms with Crippen LogP contribution in [0.1, 0.15) is 35.9 Å². The van der Waals surface area contributed by atoms with Crippen molar-refractivity contribution in [3.8, 4) is 0 Å². The van der Waals surface area contributed by atoms with E-state index in [4.69, 9.17) is 4.74 Å². The molecule has 2 aliphatic rings. The van der Waals surface area contributed by atoms with Crippen LogP contribution in [0.5, 0.6) is 0 Å². The minimum absolute atomic E-state index is 0.0552. The average Bonchev–Trinajstić information content (AvgIpc) is 2.51. The molecule has 0 N–H and O–H groups in total. The molecule has 5 nitrogen and oxygen atoms in total. The molecule has 1 spiro atoms. The summed E-state index contributed by atoms with van der Waals surface area (Å²) in [6.45, 7) is 8.29. The Morgan fingerprint density at radius 1 is 1.43 bits per heavy atom. The first-order valence-corrected chi connectivity index (χ1v) is 8.56. The minimum atomic E-state index is 0.0552. The van der Waals surface area contributed by atoms with Gasteiger partial charge in [-0.25, -0.2) is 4.98 Å². The fourth-order valence-corrected chi connectivity index (χ4v) is 3.84. The summed E-state index contributed by atoms with van der Waals surface area (Å²) in [4.78, 5) is 21.3. The van der Waals surface area contributed by atoms with Gasteiger partial charge >= 0.3 is 0 Å². The number of nitrogens with zero attached hydrogens (tertiary/aromatic N) is 3. The van der Waals surface area contributed by atoms with Crippen LogP contribution in [0.15, 0.2) is 18.2 Å². The van der Waals surface area contributed by atoms with Gasteiger partial charge in [0.1, 0.15) is 5.69 Å². The lowest BCUT2D eigenvalue weighted by atomic mass is 9.75. The predicted octanol–water partition coefficient (Wildman–Crippen LogP) is 1.96. The van der Waals surface area contributed by atoms with Crippen LogP contribution in [0.3, 0.4) is 0 Å². The van der Waals surface area contributed by atoms with E-state index in [1.54, 1.807) is 0 Å². The Morgan fingerprint density at radius 2 is 2.22 bits per heavy atom. The highest BCUT2D eigenvalue weighted by molar-refractivity contribution is 5.93. The van der Waals surface area contributed by atoms with Crippen molar-refractivity contribution < 1.29 is 9.53 Å². The number of pyridine rings is 1. The molecule has 2 aliphatic heterocycles. The maximum atomic E-state index is 12.6. The van der Waals surface area contributed by atoms with Crippen LogP contribution in [0.2, 0.25) is 0 Å². The molecular weight excluding hydrogens is 290 g/mol. The van der Waals surface area contributed by atoms with Gasteiger partial charge in [0.2, 0.25) is 0 Å². The number of hydrogen-bond donors (Lipinski definition) is 0. The molecule has 0 radical (unpaired) electrons. The van der Waals surface area contributed by atoms with E-state index >= 15 is 0 Å². The zero-order valence-corrected chi connectivity index (χ0v) is 14.4. The summed E-state index contributed by atoms with van der Waals surface area (Å²) in [6.07, 6.45) is 2.31. The Morgan fingerprint density at radius 3 is 2.91 bits per heavy atom. The van der Waals surface area contributed by atoms with Crippen molar-refractivity contribution in [3.05, 3.63) is 29.6 Å². The lowest BCUT2D eigenvalue weighted by molar-refractivity contribution is -0.0753. The summed E-state index contributed by atoms with van der Waals surface area (Å²) in [5.74, 6) is 0.667. The smallest absolute Gasteiger partial charge is 0.272 e. The molecule has 23 heavy (non-hydrogen) atoms. The highest BCUT2D eigenvalue weighted by atomic mass is 16.5. The van der Waals surface area contributed by atoms with Gasteiger partial charge in [0.15, 0.2) is 0 Å². The van der Waals surface area contributed by atoms with Crippen LogP contribution in [0, 0.1) is 12.8 Å². The third-order valence-electron chi connectivity index (χ3n) is 5.27. The zero-order chi connectivity index (χ0) is 16.4. The van der Waals surface area contributed by atoms with Crippen molar-refractivity contribution in [2.24, 2.45) is 5.92 Å². The summed E-state index contributed by atoms with van der Waals surface area (Å²) in [5.41, 5.74) is 1.58. The number of likely N-dealkylation sites (N-methyl/N-ethyl adjacent to an activating group) is 1. The quantitative estimate of drug-likeness (QED) is 0.852. The number of hydrogen-bond acceptors (Lipinski definition) is 4. The molecule has 0 aromatic carbocycles. The largest absolute Gasteiger partial charge is 0.381 e. The molecule has 2 fully saturated rings. The molecule has 0 bridgehead atoms. The first-order valence-electron chi connectivity index (χ1n) is 8.56. The van der Waals surface area contributed by atoms with E-state index in [9.17, 15) is 4.79 Å². The Bertz CT molecular complexity index is 567. The average molecular weight is 317 g/mol. The van der Waals surface area contributed by atoms with Gasteiger partial charge in [-0.2, -0.15) is 0 Å². The van der Waals surface area contributed by atoms with Gasteiger partial charge in [-0.15, -0.1) is 0 Å². The molecule has 0 unspecified atom stereocenters. The third-order valence-corrected chi connectivity index (χ3v) is 5.27. The van der Waals surface area contributed by atoms with Gasteiger partial charge in [0, 0.05) is 32.0 Å². The van der Waals surface area contributed by atoms with Crippen molar-refractivity contribution in [3.63, 3.8) is 0 Å². The first kappa shape index (κ1) is 16.4. The maximum Gasteiger partial charge on any atom is 0.272 e. The van der Waals surface area contributed by atoms with E-state index in [1.165, 1.54) is 6.42 Å². The topological polar surface area (TPSA) is 45.7 Å². The molecule has 0 saturated carbocycles. The van der Waals surface area contributed by atoms with Crippen molar-refractivity contribution in [2.75, 3.05) is 39.9 Å². The Hall–Kier alpha value is -1.46. The molecular formula is C18H27N3O2. The van der Waals surface area contributed by atoms with Crippen LogP contribution in [0.25, 0.3) is 0 Å². The molecule has 1 atom stereocenters. The van der Waals surface area contributed by atoms with E-state index in [0.29, 0.717) is 11.6 Å². The van der Waals surface area contributed by atoms with Gasteiger partial charge < -0.3 is 9.64 Å². The Balaban J connectivity index is 1.62. The summed E-state index contributed by atoms with van der Waals surface area (Å²) in [7, 11) is 2.18. The molecule has 1 amide bonds. The van der Waals surface area contributed by atoms with Gasteiger partial charge in [-0.3, -0.25) is 9.69 Å². The van der Waals surface area contributed by atoms with Crippen LogP contribution >= 0.6 is 0 Å². The second-order valence-corrected chi connectivity index (χ2v) is 6.99. The summed E-state index contributed by atoms with van der Waals surface area (Å²) >= 11 is 0. The van der Waals surface area contributed by atoms with Crippen molar-refractivity contribution in [2.45, 2.75) is 32.2 Å². The second-order valence-electron chi connectivity index (χ2n) is 6.99. The lowest BCUT2D eigenvalue weighted by Crippen LogP contribution is -2.72. The van der Waals surface area contributed by atoms with Crippen molar-refractivity contribution in [1.29, 1.82) is 0 Å². The minimum Gasteiger partial charge on any atom is -0.381 e. The molecule has 3 rings (SSSR count). The Kier molecular flexibility index (Phi) is 4.69. The fourth-order valence-electron chi connectivity index (χ4n) is 3.84. The van der Waals surface area contributed by atoms with Crippen LogP contribution in [-0.2, 0) is 4.74 Å². The van der Waals surface area contributed by atoms with Gasteiger partial charge in [0.05, 0.1) is 5.54 Å². The van der Waals surface area contributed by atoms with E-state index in [1.807, 2.05) is 36.9 Å². The summed E-state index contributed by atoms with van der Waals surface area (Å²) < 4.78 is 5.62. The Labute approximate surface area is 138 Å². The third kappa shape index (κ3) is 3.26. The second kappa shape index (κ2) is 6.57. The first-order chi connectivity index (χ1) is 11.0. The number of aromatic nitrogens is 1. The summed E-state index contributed by atoms with van der Waals surface area (Å²) in [5, 5.41) is 0. The van der Waals surface area contributed by atoms with E-state index < -0.39 is 0 Å². The van der Waals surface area contributed by atoms with Gasteiger partial charge in [-0.05, 0) is 58.3 Å². The van der Waals surface area contributed by atoms with E-state index in [2.05, 4.69) is 16.9 Å². The summed E-state index contributed by atoms with van der Waals surface area (Å²) in [6, 6.07) is 5.63. The molecule has 0 aliphatic carbocycles. The molecule has 1 aromatic rings. The predicted molar refractivity (Wildman–Crippen MR) is 89.5 cm³/mol. The fraction of sp³-hybridized carbons (Fsp3) is 0.667. The lowest BCUT2D eigenvalue weighted by Gasteiger charge is -2.58. The zero-order valence-electron chi connectivity index (χ0n) is 14.4. The van der Waals surface area contributed by atoms with Gasteiger partial charge in [-0.1, -0.05) is 6.07 Å². The number of amides is 1. The monoisotopic (exact) mass is 317 g/mol. The normalized spacial score (nSPS) is 23.8. The van der Waals surface area contributed by atoms with Crippen LogP contribution in [-0.4, -0.2) is 66.1 Å². The van der Waals surface area contributed by atoms with Crippen molar-refractivity contribution in [1.82, 2.24) is 14.8 Å². The molecule has 1 aromatic heterocycles. The standard InChI is InChI=1S/C18H27N3O2/c1-4-23-11-15-8-9-20(3)18(10-15)12-21(13-18)17(22)16-7-5-6-14(2)19-16/h5-7,15H,4,8-13H2,1-3H3/t15-/m0/s1. The number of rotatable bonds is 4. The van der Waals surface area contributed by atoms with Crippen molar-refractivity contribution >= 4 is 5.91 Å². The molecule has 3 heterocycles. The number of piperidine rings is 1. The van der Waals surface area contributed by atoms with Gasteiger partial charge in [0.25, 0.3) is 5.91 Å².